The van der Waals surface area contributed by atoms with Crippen molar-refractivity contribution in [2.45, 2.75) is 25.1 Å². The fourth-order valence-electron chi connectivity index (χ4n) is 3.04. The van der Waals surface area contributed by atoms with E-state index in [1.165, 1.54) is 42.3 Å². The summed E-state index contributed by atoms with van der Waals surface area (Å²) in [6, 6.07) is 8.69. The molecule has 2 amide bonds. The van der Waals surface area contributed by atoms with Gasteiger partial charge in [0.05, 0.1) is 23.4 Å². The second-order valence-corrected chi connectivity index (χ2v) is 7.81. The molecule has 2 aromatic rings. The van der Waals surface area contributed by atoms with Crippen molar-refractivity contribution in [2.24, 2.45) is 0 Å². The van der Waals surface area contributed by atoms with Crippen LogP contribution < -0.4 is 10.2 Å². The van der Waals surface area contributed by atoms with E-state index in [-0.39, 0.29) is 40.9 Å². The third-order valence-corrected chi connectivity index (χ3v) is 5.08. The number of carbonyl (C=O) groups is 2. The van der Waals surface area contributed by atoms with Crippen LogP contribution in [0.2, 0.25) is 5.02 Å². The van der Waals surface area contributed by atoms with E-state index in [2.05, 4.69) is 5.43 Å². The summed E-state index contributed by atoms with van der Waals surface area (Å²) in [5, 5.41) is 11.4. The summed E-state index contributed by atoms with van der Waals surface area (Å²) in [4.78, 5) is 26.6. The molecule has 0 heterocycles. The zero-order chi connectivity index (χ0) is 25.0. The largest absolute Gasteiger partial charge is 0.497 e. The topological polar surface area (TPSA) is 82.1 Å². The zero-order valence-corrected chi connectivity index (χ0v) is 19.3. The molecule has 1 atom stereocenters. The molecule has 0 saturated carbocycles. The molecule has 0 spiro atoms. The molecule has 0 aromatic heterocycles. The third kappa shape index (κ3) is 5.51. The summed E-state index contributed by atoms with van der Waals surface area (Å²) in [6.45, 7) is 1.50. The van der Waals surface area contributed by atoms with Gasteiger partial charge in [0.2, 0.25) is 0 Å². The lowest BCUT2D eigenvalue weighted by Crippen LogP contribution is -2.57. The average molecular weight is 488 g/mol. The lowest BCUT2D eigenvalue weighted by molar-refractivity contribution is -0.261. The van der Waals surface area contributed by atoms with Gasteiger partial charge in [-0.25, -0.2) is 0 Å². The molecule has 2 aromatic carbocycles. The molecule has 180 valence electrons. The number of halogens is 4. The first kappa shape index (κ1) is 26.3. The van der Waals surface area contributed by atoms with Crippen LogP contribution in [0.15, 0.2) is 42.5 Å². The lowest BCUT2D eigenvalue weighted by atomic mass is 9.91. The molecule has 2 rings (SSSR count). The third-order valence-electron chi connectivity index (χ3n) is 4.77. The summed E-state index contributed by atoms with van der Waals surface area (Å²) >= 11 is 6.17. The van der Waals surface area contributed by atoms with Crippen LogP contribution in [0, 0.1) is 0 Å². The summed E-state index contributed by atoms with van der Waals surface area (Å²) in [5.41, 5.74) is -1.61. The lowest BCUT2D eigenvalue weighted by Gasteiger charge is -2.35. The number of hydrogen-bond acceptors (Lipinski definition) is 5. The Kier molecular flexibility index (Phi) is 8.20. The highest BCUT2D eigenvalue weighted by molar-refractivity contribution is 6.34. The van der Waals surface area contributed by atoms with Crippen LogP contribution in [0.1, 0.15) is 29.3 Å². The van der Waals surface area contributed by atoms with Gasteiger partial charge in [0, 0.05) is 26.2 Å². The fourth-order valence-corrected chi connectivity index (χ4v) is 3.30. The molecule has 2 N–H and O–H groups in total. The molecular weight excluding hydrogens is 463 g/mol. The number of amides is 2. The number of carbonyl (C=O) groups excluding carboxylic acids is 2. The van der Waals surface area contributed by atoms with Gasteiger partial charge in [-0.1, -0.05) is 30.7 Å². The van der Waals surface area contributed by atoms with Gasteiger partial charge < -0.3 is 14.7 Å². The number of nitrogens with zero attached hydrogens (tertiary/aromatic N) is 2. The van der Waals surface area contributed by atoms with Crippen molar-refractivity contribution in [3.8, 4) is 5.75 Å². The number of rotatable bonds is 8. The SMILES string of the molecule is CCCN(Nc1ccc(C(=O)N(C)C)c(Cl)c1)C(=O)[C@](O)(c1cccc(OC)c1)C(F)(F)F. The quantitative estimate of drug-likeness (QED) is 0.549. The summed E-state index contributed by atoms with van der Waals surface area (Å²) in [5.74, 6) is -1.95. The minimum absolute atomic E-state index is 0.0430. The highest BCUT2D eigenvalue weighted by Gasteiger charge is 2.62. The van der Waals surface area contributed by atoms with Crippen LogP contribution in [-0.2, 0) is 10.4 Å². The number of alkyl halides is 3. The number of hydrogen-bond donors (Lipinski definition) is 2. The Morgan fingerprint density at radius 3 is 2.33 bits per heavy atom. The second kappa shape index (κ2) is 10.3. The predicted molar refractivity (Wildman–Crippen MR) is 118 cm³/mol. The Morgan fingerprint density at radius 1 is 1.15 bits per heavy atom. The maximum atomic E-state index is 14.1. The van der Waals surface area contributed by atoms with E-state index in [9.17, 15) is 27.9 Å². The Hall–Kier alpha value is -2.98. The number of methoxy groups -OCH3 is 1. The van der Waals surface area contributed by atoms with Crippen molar-refractivity contribution < 1.29 is 32.6 Å². The van der Waals surface area contributed by atoms with E-state index < -0.39 is 23.2 Å². The number of anilines is 1. The van der Waals surface area contributed by atoms with Gasteiger partial charge in [-0.05, 0) is 36.8 Å². The first-order chi connectivity index (χ1) is 15.4. The molecule has 0 unspecified atom stereocenters. The zero-order valence-electron chi connectivity index (χ0n) is 18.5. The van der Waals surface area contributed by atoms with Crippen LogP contribution in [0.25, 0.3) is 0 Å². The van der Waals surface area contributed by atoms with Gasteiger partial charge in [-0.15, -0.1) is 0 Å². The van der Waals surface area contributed by atoms with E-state index >= 15 is 0 Å². The van der Waals surface area contributed by atoms with Crippen LogP contribution in [-0.4, -0.2) is 60.8 Å². The molecule has 0 aliphatic heterocycles. The van der Waals surface area contributed by atoms with E-state index in [0.29, 0.717) is 5.01 Å². The molecule has 0 fully saturated rings. The Balaban J connectivity index is 2.46. The minimum atomic E-state index is -5.33. The van der Waals surface area contributed by atoms with Crippen LogP contribution >= 0.6 is 11.6 Å². The molecule has 0 saturated heterocycles. The van der Waals surface area contributed by atoms with Crippen molar-refractivity contribution in [1.29, 1.82) is 0 Å². The highest BCUT2D eigenvalue weighted by Crippen LogP contribution is 2.41. The van der Waals surface area contributed by atoms with Crippen LogP contribution in [0.3, 0.4) is 0 Å². The fraction of sp³-hybridized carbons (Fsp3) is 0.364. The van der Waals surface area contributed by atoms with Gasteiger partial charge in [0.1, 0.15) is 5.75 Å². The Labute approximate surface area is 194 Å². The molecule has 0 bridgehead atoms. The van der Waals surface area contributed by atoms with Crippen molar-refractivity contribution in [1.82, 2.24) is 9.91 Å². The Morgan fingerprint density at radius 2 is 1.82 bits per heavy atom. The summed E-state index contributed by atoms with van der Waals surface area (Å²) in [6.07, 6.45) is -5.04. The van der Waals surface area contributed by atoms with E-state index in [1.54, 1.807) is 21.0 Å². The molecule has 0 radical (unpaired) electrons. The van der Waals surface area contributed by atoms with E-state index in [1.807, 2.05) is 0 Å². The van der Waals surface area contributed by atoms with Gasteiger partial charge in [-0.2, -0.15) is 13.2 Å². The minimum Gasteiger partial charge on any atom is -0.497 e. The second-order valence-electron chi connectivity index (χ2n) is 7.40. The molecule has 0 aliphatic rings. The number of benzene rings is 2. The highest BCUT2D eigenvalue weighted by atomic mass is 35.5. The van der Waals surface area contributed by atoms with Gasteiger partial charge >= 0.3 is 6.18 Å². The van der Waals surface area contributed by atoms with Gasteiger partial charge in [0.25, 0.3) is 17.4 Å². The number of aliphatic hydroxyl groups is 1. The Bertz CT molecular complexity index is 1020. The van der Waals surface area contributed by atoms with Crippen LogP contribution in [0.5, 0.6) is 5.75 Å². The smallest absolute Gasteiger partial charge is 0.430 e. The maximum Gasteiger partial charge on any atom is 0.430 e. The average Bonchev–Trinajstić information content (AvgIpc) is 2.76. The van der Waals surface area contributed by atoms with E-state index in [0.717, 1.165) is 12.1 Å². The maximum absolute atomic E-state index is 14.1. The number of ether oxygens (including phenoxy) is 1. The predicted octanol–water partition coefficient (Wildman–Crippen LogP) is 4.07. The van der Waals surface area contributed by atoms with Gasteiger partial charge in [0.15, 0.2) is 0 Å². The normalized spacial score (nSPS) is 13.1. The van der Waals surface area contributed by atoms with Crippen molar-refractivity contribution >= 4 is 29.1 Å². The monoisotopic (exact) mass is 487 g/mol. The molecule has 7 nitrogen and oxygen atoms in total. The molecular formula is C22H25ClF3N3O4. The number of hydrazine groups is 1. The molecule has 0 aliphatic carbocycles. The van der Waals surface area contributed by atoms with E-state index in [4.69, 9.17) is 16.3 Å². The molecule has 11 heteroatoms. The van der Waals surface area contributed by atoms with Crippen molar-refractivity contribution in [3.05, 3.63) is 58.6 Å². The first-order valence-corrected chi connectivity index (χ1v) is 10.3. The summed E-state index contributed by atoms with van der Waals surface area (Å²) < 4.78 is 47.1. The van der Waals surface area contributed by atoms with Crippen molar-refractivity contribution in [3.63, 3.8) is 0 Å². The standard InChI is InChI=1S/C22H25ClF3N3O4/c1-5-11-29(27-15-9-10-17(18(23)13-15)19(30)28(2)3)20(31)21(32,22(24,25)26)14-7-6-8-16(12-14)33-4/h6-10,12-13,27,32H,5,11H2,1-4H3/t21-/m1/s1. The van der Waals surface area contributed by atoms with Crippen molar-refractivity contribution in [2.75, 3.05) is 33.2 Å². The first-order valence-electron chi connectivity index (χ1n) is 9.90. The number of nitrogens with one attached hydrogen (secondary N) is 1. The summed E-state index contributed by atoms with van der Waals surface area (Å²) in [7, 11) is 4.35. The van der Waals surface area contributed by atoms with Gasteiger partial charge in [-0.3, -0.25) is 20.0 Å². The van der Waals surface area contributed by atoms with Crippen LogP contribution in [0.4, 0.5) is 18.9 Å². The molecule has 33 heavy (non-hydrogen) atoms.